The molecule has 1 aliphatic heterocycles. The van der Waals surface area contributed by atoms with E-state index in [-0.39, 0.29) is 25.1 Å². The van der Waals surface area contributed by atoms with Crippen LogP contribution >= 0.6 is 12.4 Å². The summed E-state index contributed by atoms with van der Waals surface area (Å²) in [6.45, 7) is -2.37. The summed E-state index contributed by atoms with van der Waals surface area (Å²) in [4.78, 5) is 0. The fraction of sp³-hybridized carbons (Fsp3) is 1.00. The van der Waals surface area contributed by atoms with E-state index in [0.29, 0.717) is 0 Å². The Balaban J connectivity index is 0.00000121. The molecule has 0 radical (unpaired) electrons. The van der Waals surface area contributed by atoms with E-state index in [1.165, 1.54) is 0 Å². The molecule has 0 aromatic carbocycles. The maximum atomic E-state index is 7.21. The maximum absolute atomic E-state index is 7.21. The van der Waals surface area contributed by atoms with Gasteiger partial charge in [0.2, 0.25) is 0 Å². The molecule has 1 saturated heterocycles. The lowest BCUT2D eigenvalue weighted by molar-refractivity contribution is 0.0824. The lowest BCUT2D eigenvalue weighted by atomic mass is 10.3. The Hall–Kier alpha value is 0.210. The van der Waals surface area contributed by atoms with Crippen molar-refractivity contribution in [3.05, 3.63) is 0 Å². The standard InChI is InChI=1S/C5H11NO.ClH/c1-5-4-7-3-2-6-5;/h5-6H,2-4H2,1H3;1H/t5-;/m0./s1/i2D2,3D2;. The highest BCUT2D eigenvalue weighted by Crippen LogP contribution is 1.88. The number of halogens is 1. The van der Waals surface area contributed by atoms with Crippen molar-refractivity contribution in [2.75, 3.05) is 19.7 Å². The third-order valence-electron chi connectivity index (χ3n) is 0.775. The predicted molar refractivity (Wildman–Crippen MR) is 35.5 cm³/mol. The summed E-state index contributed by atoms with van der Waals surface area (Å²) in [6, 6.07) is -0.145. The molecule has 1 fully saturated rings. The van der Waals surface area contributed by atoms with Crippen LogP contribution in [0.1, 0.15) is 12.4 Å². The minimum absolute atomic E-state index is 0. The molecule has 0 aromatic heterocycles. The molecule has 0 amide bonds. The molecule has 0 bridgehead atoms. The Morgan fingerprint density at radius 2 is 2.62 bits per heavy atom. The molecule has 1 aliphatic rings. The van der Waals surface area contributed by atoms with Crippen molar-refractivity contribution in [2.45, 2.75) is 13.0 Å². The molecule has 1 N–H and O–H groups in total. The van der Waals surface area contributed by atoms with Gasteiger partial charge in [0.25, 0.3) is 0 Å². The summed E-state index contributed by atoms with van der Waals surface area (Å²) in [5.41, 5.74) is 0. The van der Waals surface area contributed by atoms with Crippen LogP contribution in [0.3, 0.4) is 0 Å². The molecule has 0 unspecified atom stereocenters. The largest absolute Gasteiger partial charge is 0.379 e. The minimum Gasteiger partial charge on any atom is -0.379 e. The monoisotopic (exact) mass is 141 g/mol. The normalized spacial score (nSPS) is 48.9. The summed E-state index contributed by atoms with van der Waals surface area (Å²) >= 11 is 0. The van der Waals surface area contributed by atoms with E-state index in [2.05, 4.69) is 10.1 Å². The first-order valence-corrected chi connectivity index (χ1v) is 2.27. The van der Waals surface area contributed by atoms with E-state index in [1.807, 2.05) is 0 Å². The third-order valence-corrected chi connectivity index (χ3v) is 0.775. The van der Waals surface area contributed by atoms with Gasteiger partial charge in [-0.1, -0.05) is 0 Å². The highest BCUT2D eigenvalue weighted by molar-refractivity contribution is 5.85. The maximum Gasteiger partial charge on any atom is 0.0617 e. The van der Waals surface area contributed by atoms with Crippen LogP contribution in [-0.4, -0.2) is 25.7 Å². The molecule has 1 heterocycles. The first-order chi connectivity index (χ1) is 4.85. The fourth-order valence-corrected chi connectivity index (χ4v) is 0.397. The summed E-state index contributed by atoms with van der Waals surface area (Å²) in [5, 5.41) is 2.48. The van der Waals surface area contributed by atoms with E-state index in [0.717, 1.165) is 0 Å². The van der Waals surface area contributed by atoms with Crippen molar-refractivity contribution >= 4 is 12.4 Å². The first-order valence-electron chi connectivity index (χ1n) is 4.27. The lowest BCUT2D eigenvalue weighted by Gasteiger charge is -2.19. The van der Waals surface area contributed by atoms with Gasteiger partial charge in [-0.05, 0) is 6.92 Å². The molecule has 1 rings (SSSR count). The van der Waals surface area contributed by atoms with Gasteiger partial charge >= 0.3 is 0 Å². The van der Waals surface area contributed by atoms with Crippen molar-refractivity contribution in [3.8, 4) is 0 Å². The minimum atomic E-state index is -2.22. The average molecular weight is 142 g/mol. The van der Waals surface area contributed by atoms with Crippen LogP contribution in [0.25, 0.3) is 0 Å². The van der Waals surface area contributed by atoms with Gasteiger partial charge < -0.3 is 10.1 Å². The van der Waals surface area contributed by atoms with E-state index in [4.69, 9.17) is 5.48 Å². The van der Waals surface area contributed by atoms with Gasteiger partial charge in [-0.15, -0.1) is 12.4 Å². The van der Waals surface area contributed by atoms with E-state index in [9.17, 15) is 0 Å². The van der Waals surface area contributed by atoms with Crippen LogP contribution in [-0.2, 0) is 4.74 Å². The zero-order valence-corrected chi connectivity index (χ0v) is 5.42. The van der Waals surface area contributed by atoms with Gasteiger partial charge in [0.1, 0.15) is 0 Å². The fourth-order valence-electron chi connectivity index (χ4n) is 0.397. The van der Waals surface area contributed by atoms with E-state index >= 15 is 0 Å². The third kappa shape index (κ3) is 2.50. The van der Waals surface area contributed by atoms with E-state index in [1.54, 1.807) is 6.92 Å². The Morgan fingerprint density at radius 1 is 1.88 bits per heavy atom. The number of nitrogens with one attached hydrogen (secondary N) is 1. The molecule has 0 saturated carbocycles. The Morgan fingerprint density at radius 3 is 3.12 bits per heavy atom. The van der Waals surface area contributed by atoms with Gasteiger partial charge in [-0.25, -0.2) is 0 Å². The van der Waals surface area contributed by atoms with Crippen LogP contribution in [0.4, 0.5) is 0 Å². The second-order valence-corrected chi connectivity index (χ2v) is 1.58. The molecule has 0 aliphatic carbocycles. The van der Waals surface area contributed by atoms with E-state index < -0.39 is 13.1 Å². The molecule has 2 nitrogen and oxygen atoms in total. The SMILES string of the molecule is Cl.[2H]C1([2H])N[C@@H](C)COC1([2H])[2H]. The van der Waals surface area contributed by atoms with Gasteiger partial charge in [0.05, 0.1) is 15.9 Å². The summed E-state index contributed by atoms with van der Waals surface area (Å²) in [5.74, 6) is 0. The molecule has 0 aromatic rings. The Bertz CT molecular complexity index is 166. The zero-order chi connectivity index (χ0) is 8.70. The average Bonchev–Trinajstić information content (AvgIpc) is 1.80. The van der Waals surface area contributed by atoms with Crippen LogP contribution in [0.2, 0.25) is 0 Å². The lowest BCUT2D eigenvalue weighted by Crippen LogP contribution is -2.38. The smallest absolute Gasteiger partial charge is 0.0617 e. The molecular formula is C5H12ClNO. The molecule has 50 valence electrons. The number of rotatable bonds is 0. The van der Waals surface area contributed by atoms with Crippen LogP contribution in [0.5, 0.6) is 0 Å². The predicted octanol–water partition coefficient (Wildman–Crippen LogP) is 0.416. The summed E-state index contributed by atoms with van der Waals surface area (Å²) in [7, 11) is 0. The number of hydrogen-bond donors (Lipinski definition) is 1. The van der Waals surface area contributed by atoms with Gasteiger partial charge in [0, 0.05) is 15.3 Å². The quantitative estimate of drug-likeness (QED) is 0.528. The molecule has 1 atom stereocenters. The van der Waals surface area contributed by atoms with Crippen molar-refractivity contribution in [1.29, 1.82) is 0 Å². The molecular weight excluding hydrogens is 126 g/mol. The van der Waals surface area contributed by atoms with Crippen molar-refractivity contribution in [1.82, 2.24) is 5.32 Å². The second-order valence-electron chi connectivity index (χ2n) is 1.58. The van der Waals surface area contributed by atoms with Crippen LogP contribution in [0.15, 0.2) is 0 Å². The second kappa shape index (κ2) is 4.13. The van der Waals surface area contributed by atoms with Gasteiger partial charge in [-0.3, -0.25) is 0 Å². The van der Waals surface area contributed by atoms with Crippen molar-refractivity contribution in [3.63, 3.8) is 0 Å². The first kappa shape index (κ1) is 3.40. The Kier molecular flexibility index (Phi) is 1.75. The number of hydrogen-bond acceptors (Lipinski definition) is 2. The van der Waals surface area contributed by atoms with Crippen LogP contribution in [0, 0.1) is 0 Å². The van der Waals surface area contributed by atoms with Crippen LogP contribution < -0.4 is 5.32 Å². The number of ether oxygens (including phenoxy) is 1. The van der Waals surface area contributed by atoms with Crippen molar-refractivity contribution in [2.24, 2.45) is 0 Å². The van der Waals surface area contributed by atoms with Gasteiger partial charge in [0.15, 0.2) is 0 Å². The highest BCUT2D eigenvalue weighted by atomic mass is 35.5. The molecule has 8 heavy (non-hydrogen) atoms. The summed E-state index contributed by atoms with van der Waals surface area (Å²) < 4.78 is 33.4. The summed E-state index contributed by atoms with van der Waals surface area (Å²) in [6.07, 6.45) is 0. The molecule has 0 spiro atoms. The van der Waals surface area contributed by atoms with Gasteiger partial charge in [-0.2, -0.15) is 0 Å². The topological polar surface area (TPSA) is 21.3 Å². The highest BCUT2D eigenvalue weighted by Gasteiger charge is 2.04. The molecule has 3 heteroatoms. The van der Waals surface area contributed by atoms with Crippen molar-refractivity contribution < 1.29 is 10.2 Å². The number of morpholine rings is 1. The Labute approximate surface area is 61.6 Å². The zero-order valence-electron chi connectivity index (χ0n) is 8.60.